The molecule has 0 aliphatic carbocycles. The van der Waals surface area contributed by atoms with Crippen LogP contribution in [0.1, 0.15) is 5.56 Å². The molecule has 2 nitrogen and oxygen atoms in total. The van der Waals surface area contributed by atoms with E-state index in [9.17, 15) is 4.79 Å². The van der Waals surface area contributed by atoms with Crippen LogP contribution in [0.15, 0.2) is 27.4 Å². The van der Waals surface area contributed by atoms with Gasteiger partial charge in [0.2, 0.25) is 0 Å². The zero-order valence-corrected chi connectivity index (χ0v) is 8.82. The van der Waals surface area contributed by atoms with Gasteiger partial charge in [-0.15, -0.1) is 0 Å². The summed E-state index contributed by atoms with van der Waals surface area (Å²) in [4.78, 5) is 11.2. The standard InChI is InChI=1S/C10H6Cl2O2/c1-5-2-6-3-7(11)8(12)4-9(6)14-10(5)13/h2-4H,1H3. The van der Waals surface area contributed by atoms with Crippen LogP contribution in [0.3, 0.4) is 0 Å². The number of halogens is 2. The maximum Gasteiger partial charge on any atom is 0.339 e. The van der Waals surface area contributed by atoms with Gasteiger partial charge in [-0.3, -0.25) is 0 Å². The molecule has 0 saturated carbocycles. The normalized spacial score (nSPS) is 10.8. The Bertz CT molecular complexity index is 558. The predicted octanol–water partition coefficient (Wildman–Crippen LogP) is 3.41. The summed E-state index contributed by atoms with van der Waals surface area (Å²) in [6.07, 6.45) is 0. The molecule has 0 N–H and O–H groups in total. The predicted molar refractivity (Wildman–Crippen MR) is 57.2 cm³/mol. The van der Waals surface area contributed by atoms with Crippen molar-refractivity contribution in [3.05, 3.63) is 44.2 Å². The van der Waals surface area contributed by atoms with Crippen LogP contribution in [-0.2, 0) is 0 Å². The van der Waals surface area contributed by atoms with Gasteiger partial charge in [-0.05, 0) is 19.1 Å². The van der Waals surface area contributed by atoms with Crippen molar-refractivity contribution in [3.63, 3.8) is 0 Å². The minimum atomic E-state index is -0.351. The number of aryl methyl sites for hydroxylation is 1. The second-order valence-electron chi connectivity index (χ2n) is 3.02. The molecular weight excluding hydrogens is 223 g/mol. The van der Waals surface area contributed by atoms with Crippen molar-refractivity contribution >= 4 is 34.2 Å². The fourth-order valence-corrected chi connectivity index (χ4v) is 1.54. The van der Waals surface area contributed by atoms with Crippen LogP contribution in [0, 0.1) is 6.92 Å². The van der Waals surface area contributed by atoms with Gasteiger partial charge in [0, 0.05) is 17.0 Å². The number of fused-ring (bicyclic) bond motifs is 1. The Morgan fingerprint density at radius 2 is 1.79 bits per heavy atom. The van der Waals surface area contributed by atoms with Crippen molar-refractivity contribution in [2.24, 2.45) is 0 Å². The lowest BCUT2D eigenvalue weighted by Crippen LogP contribution is -2.01. The maximum absolute atomic E-state index is 11.2. The Balaban J connectivity index is 2.90. The largest absolute Gasteiger partial charge is 0.422 e. The number of benzene rings is 1. The highest BCUT2D eigenvalue weighted by atomic mass is 35.5. The van der Waals surface area contributed by atoms with E-state index in [-0.39, 0.29) is 5.63 Å². The van der Waals surface area contributed by atoms with Crippen molar-refractivity contribution in [1.82, 2.24) is 0 Å². The van der Waals surface area contributed by atoms with Gasteiger partial charge in [-0.2, -0.15) is 0 Å². The molecule has 0 fully saturated rings. The lowest BCUT2D eigenvalue weighted by atomic mass is 10.2. The minimum absolute atomic E-state index is 0.351. The smallest absolute Gasteiger partial charge is 0.339 e. The Morgan fingerprint density at radius 3 is 2.50 bits per heavy atom. The van der Waals surface area contributed by atoms with Crippen LogP contribution >= 0.6 is 23.2 Å². The van der Waals surface area contributed by atoms with Gasteiger partial charge in [0.1, 0.15) is 5.58 Å². The zero-order valence-electron chi connectivity index (χ0n) is 7.30. The van der Waals surface area contributed by atoms with E-state index < -0.39 is 0 Å². The second kappa shape index (κ2) is 3.30. The average molecular weight is 229 g/mol. The third-order valence-corrected chi connectivity index (χ3v) is 2.67. The average Bonchev–Trinajstić information content (AvgIpc) is 2.11. The fraction of sp³-hybridized carbons (Fsp3) is 0.100. The third-order valence-electron chi connectivity index (χ3n) is 1.95. The molecule has 1 aromatic carbocycles. The van der Waals surface area contributed by atoms with Crippen LogP contribution in [0.5, 0.6) is 0 Å². The SMILES string of the molecule is Cc1cc2cc(Cl)c(Cl)cc2oc1=O. The highest BCUT2D eigenvalue weighted by Gasteiger charge is 2.05. The summed E-state index contributed by atoms with van der Waals surface area (Å²) in [7, 11) is 0. The number of rotatable bonds is 0. The van der Waals surface area contributed by atoms with Crippen molar-refractivity contribution in [2.45, 2.75) is 6.92 Å². The van der Waals surface area contributed by atoms with Gasteiger partial charge in [0.15, 0.2) is 0 Å². The number of hydrogen-bond acceptors (Lipinski definition) is 2. The van der Waals surface area contributed by atoms with Crippen LogP contribution in [0.2, 0.25) is 10.0 Å². The van der Waals surface area contributed by atoms with E-state index >= 15 is 0 Å². The monoisotopic (exact) mass is 228 g/mol. The molecule has 4 heteroatoms. The lowest BCUT2D eigenvalue weighted by Gasteiger charge is -2.00. The van der Waals surface area contributed by atoms with Gasteiger partial charge in [-0.25, -0.2) is 4.79 Å². The molecular formula is C10H6Cl2O2. The highest BCUT2D eigenvalue weighted by Crippen LogP contribution is 2.27. The molecule has 1 heterocycles. The van der Waals surface area contributed by atoms with Crippen LogP contribution < -0.4 is 5.63 Å². The lowest BCUT2D eigenvalue weighted by molar-refractivity contribution is 0.555. The molecule has 0 aliphatic rings. The Kier molecular flexibility index (Phi) is 2.25. The first-order chi connectivity index (χ1) is 6.58. The van der Waals surface area contributed by atoms with Gasteiger partial charge in [-0.1, -0.05) is 23.2 Å². The van der Waals surface area contributed by atoms with Crippen molar-refractivity contribution in [1.29, 1.82) is 0 Å². The van der Waals surface area contributed by atoms with E-state index in [1.807, 2.05) is 0 Å². The molecule has 72 valence electrons. The minimum Gasteiger partial charge on any atom is -0.422 e. The summed E-state index contributed by atoms with van der Waals surface area (Å²) in [5.41, 5.74) is 0.654. The second-order valence-corrected chi connectivity index (χ2v) is 3.84. The summed E-state index contributed by atoms with van der Waals surface area (Å²) >= 11 is 11.6. The van der Waals surface area contributed by atoms with E-state index in [0.717, 1.165) is 5.39 Å². The molecule has 0 spiro atoms. The Labute approximate surface area is 90.1 Å². The third kappa shape index (κ3) is 1.51. The van der Waals surface area contributed by atoms with Crippen LogP contribution in [-0.4, -0.2) is 0 Å². The first-order valence-corrected chi connectivity index (χ1v) is 4.73. The summed E-state index contributed by atoms with van der Waals surface area (Å²) in [5, 5.41) is 1.61. The van der Waals surface area contributed by atoms with Gasteiger partial charge >= 0.3 is 5.63 Å². The van der Waals surface area contributed by atoms with E-state index in [1.165, 1.54) is 0 Å². The van der Waals surface area contributed by atoms with Crippen LogP contribution in [0.25, 0.3) is 11.0 Å². The van der Waals surface area contributed by atoms with E-state index in [1.54, 1.807) is 25.1 Å². The molecule has 0 amide bonds. The molecule has 14 heavy (non-hydrogen) atoms. The first-order valence-electron chi connectivity index (χ1n) is 3.97. The topological polar surface area (TPSA) is 30.2 Å². The molecule has 0 atom stereocenters. The molecule has 0 aliphatic heterocycles. The summed E-state index contributed by atoms with van der Waals surface area (Å²) in [6.45, 7) is 1.69. The molecule has 0 bridgehead atoms. The summed E-state index contributed by atoms with van der Waals surface area (Å²) in [6, 6.07) is 4.94. The highest BCUT2D eigenvalue weighted by molar-refractivity contribution is 6.42. The first kappa shape index (κ1) is 9.56. The Morgan fingerprint density at radius 1 is 1.14 bits per heavy atom. The van der Waals surface area contributed by atoms with E-state index in [4.69, 9.17) is 27.6 Å². The maximum atomic E-state index is 11.2. The Hall–Kier alpha value is -0.990. The molecule has 0 radical (unpaired) electrons. The molecule has 2 aromatic rings. The zero-order chi connectivity index (χ0) is 10.3. The van der Waals surface area contributed by atoms with Crippen molar-refractivity contribution in [2.75, 3.05) is 0 Å². The molecule has 0 saturated heterocycles. The van der Waals surface area contributed by atoms with E-state index in [0.29, 0.717) is 21.2 Å². The van der Waals surface area contributed by atoms with Crippen molar-refractivity contribution < 1.29 is 4.42 Å². The quantitative estimate of drug-likeness (QED) is 0.648. The molecule has 2 rings (SSSR count). The summed E-state index contributed by atoms with van der Waals surface area (Å²) in [5.74, 6) is 0. The fourth-order valence-electron chi connectivity index (χ4n) is 1.22. The molecule has 1 aromatic heterocycles. The molecule has 0 unspecified atom stereocenters. The summed E-state index contributed by atoms with van der Waals surface area (Å²) < 4.78 is 5.03. The van der Waals surface area contributed by atoms with Gasteiger partial charge in [0.25, 0.3) is 0 Å². The van der Waals surface area contributed by atoms with Gasteiger partial charge < -0.3 is 4.42 Å². The number of hydrogen-bond donors (Lipinski definition) is 0. The van der Waals surface area contributed by atoms with Gasteiger partial charge in [0.05, 0.1) is 10.0 Å². The van der Waals surface area contributed by atoms with Crippen molar-refractivity contribution in [3.8, 4) is 0 Å². The van der Waals surface area contributed by atoms with Crippen LogP contribution in [0.4, 0.5) is 0 Å². The van der Waals surface area contributed by atoms with E-state index in [2.05, 4.69) is 0 Å².